The molecule has 2 aromatic rings. The fraction of sp³-hybridized carbons (Fsp3) is 0.360. The summed E-state index contributed by atoms with van der Waals surface area (Å²) in [6, 6.07) is 17.0. The molecular weight excluding hydrogens is 477 g/mol. The molecule has 0 unspecified atom stereocenters. The fourth-order valence-electron chi connectivity index (χ4n) is 3.61. The van der Waals surface area contributed by atoms with Gasteiger partial charge in [-0.2, -0.15) is 18.4 Å². The fourth-order valence-corrected chi connectivity index (χ4v) is 3.61. The lowest BCUT2D eigenvalue weighted by Crippen LogP contribution is -2.49. The number of nitriles is 1. The van der Waals surface area contributed by atoms with E-state index in [4.69, 9.17) is 15.6 Å². The van der Waals surface area contributed by atoms with E-state index in [2.05, 4.69) is 16.7 Å². The van der Waals surface area contributed by atoms with Gasteiger partial charge < -0.3 is 21.5 Å². The average molecular weight is 505 g/mol. The van der Waals surface area contributed by atoms with Gasteiger partial charge in [0.2, 0.25) is 11.8 Å². The second kappa shape index (κ2) is 13.3. The Morgan fingerprint density at radius 1 is 1.11 bits per heavy atom. The third kappa shape index (κ3) is 9.38. The van der Waals surface area contributed by atoms with Crippen LogP contribution in [0.2, 0.25) is 0 Å². The van der Waals surface area contributed by atoms with Crippen molar-refractivity contribution in [2.45, 2.75) is 50.4 Å². The number of nitrogens with two attached hydrogens (primary N) is 1. The summed E-state index contributed by atoms with van der Waals surface area (Å²) in [7, 11) is 0. The summed E-state index contributed by atoms with van der Waals surface area (Å²) >= 11 is 0. The van der Waals surface area contributed by atoms with Gasteiger partial charge in [0.15, 0.2) is 0 Å². The molecule has 1 heterocycles. The first-order chi connectivity index (χ1) is 17.0. The number of piperidine rings is 1. The van der Waals surface area contributed by atoms with Gasteiger partial charge in [0.1, 0.15) is 6.04 Å². The molecule has 0 aromatic heterocycles. The number of hydrogen-bond donors (Lipinski definition) is 4. The molecule has 0 bridgehead atoms. The van der Waals surface area contributed by atoms with Crippen LogP contribution in [0.4, 0.5) is 13.2 Å². The standard InChI is InChI=1S/C23H26N4O2.C2HF3O2/c24-15-20(27-23(29)21-6-1-2-11-26-21)13-16-7-9-18(10-8-16)19-5-3-4-17(12-19)14-22(25)28;3-2(4,5)1(6)7/h3-5,7-10,12,20-21,26H,1-2,6,11,13-14H2,(H2,25,28)(H,27,29);(H,6,7)/t20-,21-;/m0./s1. The van der Waals surface area contributed by atoms with Crippen molar-refractivity contribution in [2.24, 2.45) is 5.73 Å². The van der Waals surface area contributed by atoms with Crippen molar-refractivity contribution in [3.63, 3.8) is 0 Å². The second-order valence-corrected chi connectivity index (χ2v) is 8.24. The number of carboxylic acids is 1. The largest absolute Gasteiger partial charge is 0.490 e. The van der Waals surface area contributed by atoms with Gasteiger partial charge in [-0.15, -0.1) is 0 Å². The van der Waals surface area contributed by atoms with Crippen LogP contribution in [0.5, 0.6) is 0 Å². The monoisotopic (exact) mass is 504 g/mol. The number of nitrogens with zero attached hydrogens (tertiary/aromatic N) is 1. The first-order valence-corrected chi connectivity index (χ1v) is 11.2. The van der Waals surface area contributed by atoms with E-state index in [0.29, 0.717) is 6.42 Å². The van der Waals surface area contributed by atoms with Crippen LogP contribution in [0.15, 0.2) is 48.5 Å². The van der Waals surface area contributed by atoms with Crippen molar-refractivity contribution in [1.82, 2.24) is 10.6 Å². The molecule has 2 amide bonds. The van der Waals surface area contributed by atoms with Crippen LogP contribution in [-0.2, 0) is 27.2 Å². The predicted molar refractivity (Wildman–Crippen MR) is 125 cm³/mol. The maximum atomic E-state index is 12.3. The number of halogens is 3. The van der Waals surface area contributed by atoms with Crippen molar-refractivity contribution < 1.29 is 32.7 Å². The Morgan fingerprint density at radius 3 is 2.31 bits per heavy atom. The molecule has 2 atom stereocenters. The summed E-state index contributed by atoms with van der Waals surface area (Å²) in [6.07, 6.45) is -1.48. The topological polar surface area (TPSA) is 145 Å². The van der Waals surface area contributed by atoms with Crippen LogP contribution in [0.1, 0.15) is 30.4 Å². The number of aliphatic carboxylic acids is 1. The molecule has 2 aromatic carbocycles. The van der Waals surface area contributed by atoms with Gasteiger partial charge in [0.25, 0.3) is 0 Å². The lowest BCUT2D eigenvalue weighted by atomic mass is 9.98. The van der Waals surface area contributed by atoms with Crippen LogP contribution in [0.25, 0.3) is 11.1 Å². The SMILES string of the molecule is N#C[C@H](Cc1ccc(-c2cccc(CC(N)=O)c2)cc1)NC(=O)[C@@H]1CCCCN1.O=C(O)C(F)(F)F. The highest BCUT2D eigenvalue weighted by atomic mass is 19.4. The van der Waals surface area contributed by atoms with Crippen LogP contribution in [0.3, 0.4) is 0 Å². The number of hydrogen-bond acceptors (Lipinski definition) is 5. The average Bonchev–Trinajstić information content (AvgIpc) is 2.84. The van der Waals surface area contributed by atoms with Gasteiger partial charge in [0, 0.05) is 6.42 Å². The maximum Gasteiger partial charge on any atom is 0.490 e. The lowest BCUT2D eigenvalue weighted by molar-refractivity contribution is -0.192. The van der Waals surface area contributed by atoms with Crippen molar-refractivity contribution in [2.75, 3.05) is 6.54 Å². The summed E-state index contributed by atoms with van der Waals surface area (Å²) in [4.78, 5) is 32.4. The summed E-state index contributed by atoms with van der Waals surface area (Å²) in [5, 5.41) is 22.6. The Kier molecular flexibility index (Phi) is 10.4. The van der Waals surface area contributed by atoms with Gasteiger partial charge in [-0.05, 0) is 41.6 Å². The van der Waals surface area contributed by atoms with Crippen molar-refractivity contribution in [1.29, 1.82) is 5.26 Å². The molecule has 8 nitrogen and oxygen atoms in total. The summed E-state index contributed by atoms with van der Waals surface area (Å²) < 4.78 is 31.7. The van der Waals surface area contributed by atoms with Crippen LogP contribution >= 0.6 is 0 Å². The zero-order valence-electron chi connectivity index (χ0n) is 19.3. The molecule has 0 aliphatic carbocycles. The Morgan fingerprint density at radius 2 is 1.78 bits per heavy atom. The molecular formula is C25H27F3N4O4. The van der Waals surface area contributed by atoms with E-state index in [1.165, 1.54) is 0 Å². The van der Waals surface area contributed by atoms with Gasteiger partial charge in [-0.3, -0.25) is 9.59 Å². The zero-order valence-corrected chi connectivity index (χ0v) is 19.3. The van der Waals surface area contributed by atoms with Gasteiger partial charge in [-0.1, -0.05) is 55.0 Å². The van der Waals surface area contributed by atoms with Crippen molar-refractivity contribution in [3.8, 4) is 17.2 Å². The minimum absolute atomic E-state index is 0.0980. The molecule has 1 fully saturated rings. The molecule has 1 saturated heterocycles. The van der Waals surface area contributed by atoms with Crippen molar-refractivity contribution >= 4 is 17.8 Å². The molecule has 36 heavy (non-hydrogen) atoms. The molecule has 1 aliphatic rings. The predicted octanol–water partition coefficient (Wildman–Crippen LogP) is 2.71. The normalized spacial score (nSPS) is 16.0. The van der Waals surface area contributed by atoms with E-state index in [1.54, 1.807) is 0 Å². The molecule has 192 valence electrons. The number of rotatable bonds is 7. The highest BCUT2D eigenvalue weighted by Gasteiger charge is 2.38. The summed E-state index contributed by atoms with van der Waals surface area (Å²) in [6.45, 7) is 0.845. The number of nitrogens with one attached hydrogen (secondary N) is 2. The Labute approximate surface area is 206 Å². The molecule has 11 heteroatoms. The minimum Gasteiger partial charge on any atom is -0.475 e. The van der Waals surface area contributed by atoms with Crippen LogP contribution in [0, 0.1) is 11.3 Å². The number of primary amides is 1. The highest BCUT2D eigenvalue weighted by Crippen LogP contribution is 2.22. The third-order valence-electron chi connectivity index (χ3n) is 5.37. The zero-order chi connectivity index (χ0) is 26.7. The molecule has 0 radical (unpaired) electrons. The third-order valence-corrected chi connectivity index (χ3v) is 5.37. The number of amides is 2. The molecule has 5 N–H and O–H groups in total. The molecule has 1 aliphatic heterocycles. The summed E-state index contributed by atoms with van der Waals surface area (Å²) in [5.74, 6) is -3.21. The van der Waals surface area contributed by atoms with E-state index in [1.807, 2.05) is 48.5 Å². The first kappa shape index (κ1) is 28.3. The highest BCUT2D eigenvalue weighted by molar-refractivity contribution is 5.82. The van der Waals surface area contributed by atoms with Crippen molar-refractivity contribution in [3.05, 3.63) is 59.7 Å². The maximum absolute atomic E-state index is 12.3. The van der Waals surface area contributed by atoms with E-state index in [9.17, 15) is 28.0 Å². The quantitative estimate of drug-likeness (QED) is 0.456. The van der Waals surface area contributed by atoms with E-state index in [-0.39, 0.29) is 24.3 Å². The van der Waals surface area contributed by atoms with Crippen LogP contribution in [-0.4, -0.2) is 47.7 Å². The van der Waals surface area contributed by atoms with E-state index >= 15 is 0 Å². The Hall–Kier alpha value is -3.91. The lowest BCUT2D eigenvalue weighted by Gasteiger charge is -2.23. The van der Waals surface area contributed by atoms with Gasteiger partial charge in [-0.25, -0.2) is 4.79 Å². The first-order valence-electron chi connectivity index (χ1n) is 11.2. The number of carbonyl (C=O) groups excluding carboxylic acids is 2. The Bertz CT molecular complexity index is 1090. The second-order valence-electron chi connectivity index (χ2n) is 8.24. The number of alkyl halides is 3. The molecule has 0 saturated carbocycles. The number of carbonyl (C=O) groups is 3. The van der Waals surface area contributed by atoms with Gasteiger partial charge in [0.05, 0.1) is 18.5 Å². The van der Waals surface area contributed by atoms with Gasteiger partial charge >= 0.3 is 12.1 Å². The molecule has 3 rings (SSSR count). The summed E-state index contributed by atoms with van der Waals surface area (Å²) in [5.41, 5.74) is 9.15. The van der Waals surface area contributed by atoms with Crippen LogP contribution < -0.4 is 16.4 Å². The van der Waals surface area contributed by atoms with E-state index in [0.717, 1.165) is 48.1 Å². The number of benzene rings is 2. The number of carboxylic acid groups (broad SMARTS) is 1. The minimum atomic E-state index is -5.08. The Balaban J connectivity index is 0.000000572. The smallest absolute Gasteiger partial charge is 0.475 e. The molecule has 0 spiro atoms. The van der Waals surface area contributed by atoms with E-state index < -0.39 is 18.2 Å².